The third-order valence-electron chi connectivity index (χ3n) is 6.12. The van der Waals surface area contributed by atoms with Crippen LogP contribution in [0, 0.1) is 13.8 Å². The summed E-state index contributed by atoms with van der Waals surface area (Å²) < 4.78 is 8.37. The number of nitrogens with one attached hydrogen (secondary N) is 1. The van der Waals surface area contributed by atoms with Gasteiger partial charge in [0.25, 0.3) is 5.91 Å². The molecule has 3 aromatic carbocycles. The molecule has 0 aliphatic rings. The Hall–Kier alpha value is -3.60. The minimum absolute atomic E-state index is 0.00423. The highest BCUT2D eigenvalue weighted by molar-refractivity contribution is 5.94. The fourth-order valence-electron chi connectivity index (χ4n) is 4.47. The Kier molecular flexibility index (Phi) is 8.55. The van der Waals surface area contributed by atoms with Crippen LogP contribution in [0.3, 0.4) is 0 Å². The quantitative estimate of drug-likeness (QED) is 0.249. The first-order valence-electron chi connectivity index (χ1n) is 12.6. The summed E-state index contributed by atoms with van der Waals surface area (Å²) in [5, 5.41) is 3.01. The summed E-state index contributed by atoms with van der Waals surface area (Å²) in [7, 11) is 0. The van der Waals surface area contributed by atoms with Gasteiger partial charge in [-0.2, -0.15) is 0 Å². The van der Waals surface area contributed by atoms with E-state index < -0.39 is 0 Å². The lowest BCUT2D eigenvalue weighted by molar-refractivity contribution is 0.0953. The average Bonchev–Trinajstić information content (AvgIpc) is 3.21. The molecule has 0 saturated carbocycles. The van der Waals surface area contributed by atoms with Gasteiger partial charge in [-0.3, -0.25) is 4.79 Å². The SMILES string of the molecule is Cc1cc(C)cc(OCCCn2c(CCCCCNC(=O)c3ccccc3)nc3ccccc32)c1. The Morgan fingerprint density at radius 3 is 2.43 bits per heavy atom. The molecule has 1 aromatic heterocycles. The van der Waals surface area contributed by atoms with Crippen molar-refractivity contribution in [1.82, 2.24) is 14.9 Å². The number of hydrogen-bond donors (Lipinski definition) is 1. The monoisotopic (exact) mass is 469 g/mol. The van der Waals surface area contributed by atoms with E-state index in [-0.39, 0.29) is 5.91 Å². The van der Waals surface area contributed by atoms with E-state index >= 15 is 0 Å². The maximum atomic E-state index is 12.2. The van der Waals surface area contributed by atoms with E-state index in [0.717, 1.165) is 55.7 Å². The number of unbranched alkanes of at least 4 members (excludes halogenated alkanes) is 2. The first-order chi connectivity index (χ1) is 17.1. The summed E-state index contributed by atoms with van der Waals surface area (Å²) >= 11 is 0. The van der Waals surface area contributed by atoms with Crippen LogP contribution in [-0.4, -0.2) is 28.6 Å². The van der Waals surface area contributed by atoms with Crippen molar-refractivity contribution in [3.8, 4) is 5.75 Å². The van der Waals surface area contributed by atoms with Gasteiger partial charge in [0.2, 0.25) is 0 Å². The van der Waals surface area contributed by atoms with Crippen molar-refractivity contribution < 1.29 is 9.53 Å². The summed E-state index contributed by atoms with van der Waals surface area (Å²) in [6.07, 6.45) is 4.91. The van der Waals surface area contributed by atoms with Gasteiger partial charge in [0.1, 0.15) is 11.6 Å². The van der Waals surface area contributed by atoms with Crippen molar-refractivity contribution >= 4 is 16.9 Å². The number of benzene rings is 3. The molecule has 0 fully saturated rings. The molecule has 0 aliphatic heterocycles. The van der Waals surface area contributed by atoms with Crippen molar-refractivity contribution in [1.29, 1.82) is 0 Å². The molecule has 35 heavy (non-hydrogen) atoms. The fraction of sp³-hybridized carbons (Fsp3) is 0.333. The van der Waals surface area contributed by atoms with E-state index in [1.165, 1.54) is 16.6 Å². The van der Waals surface area contributed by atoms with Gasteiger partial charge in [-0.05, 0) is 80.6 Å². The van der Waals surface area contributed by atoms with Crippen LogP contribution >= 0.6 is 0 Å². The van der Waals surface area contributed by atoms with Crippen LogP contribution in [0.25, 0.3) is 11.0 Å². The normalized spacial score (nSPS) is 11.0. The average molecular weight is 470 g/mol. The molecule has 0 atom stereocenters. The molecule has 5 nitrogen and oxygen atoms in total. The van der Waals surface area contributed by atoms with Crippen molar-refractivity contribution in [2.75, 3.05) is 13.2 Å². The van der Waals surface area contributed by atoms with Crippen LogP contribution in [0.5, 0.6) is 5.75 Å². The Morgan fingerprint density at radius 1 is 0.886 bits per heavy atom. The third kappa shape index (κ3) is 6.95. The predicted octanol–water partition coefficient (Wildman–Crippen LogP) is 6.27. The largest absolute Gasteiger partial charge is 0.494 e. The number of carbonyl (C=O) groups excluding carboxylic acids is 1. The first kappa shape index (κ1) is 24.5. The van der Waals surface area contributed by atoms with Gasteiger partial charge in [0.05, 0.1) is 17.6 Å². The van der Waals surface area contributed by atoms with E-state index in [1.54, 1.807) is 0 Å². The number of nitrogens with zero attached hydrogens (tertiary/aromatic N) is 2. The number of hydrogen-bond acceptors (Lipinski definition) is 3. The second-order valence-corrected chi connectivity index (χ2v) is 9.13. The summed E-state index contributed by atoms with van der Waals surface area (Å²) in [6.45, 7) is 6.45. The number of fused-ring (bicyclic) bond motifs is 1. The van der Waals surface area contributed by atoms with Gasteiger partial charge in [-0.15, -0.1) is 0 Å². The van der Waals surface area contributed by atoms with Crippen LogP contribution in [0.15, 0.2) is 72.8 Å². The van der Waals surface area contributed by atoms with E-state index in [1.807, 2.05) is 36.4 Å². The molecule has 0 aliphatic carbocycles. The lowest BCUT2D eigenvalue weighted by Gasteiger charge is -2.11. The molecule has 4 rings (SSSR count). The topological polar surface area (TPSA) is 56.1 Å². The molecule has 1 amide bonds. The maximum absolute atomic E-state index is 12.2. The molecule has 0 bridgehead atoms. The third-order valence-corrected chi connectivity index (χ3v) is 6.12. The predicted molar refractivity (Wildman–Crippen MR) is 142 cm³/mol. The molecule has 0 unspecified atom stereocenters. The molecular formula is C30H35N3O2. The van der Waals surface area contributed by atoms with Gasteiger partial charge < -0.3 is 14.6 Å². The van der Waals surface area contributed by atoms with Crippen LogP contribution < -0.4 is 10.1 Å². The van der Waals surface area contributed by atoms with Crippen LogP contribution in [0.4, 0.5) is 0 Å². The summed E-state index contributed by atoms with van der Waals surface area (Å²) in [5.41, 5.74) is 5.39. The van der Waals surface area contributed by atoms with Gasteiger partial charge in [0, 0.05) is 25.1 Å². The molecule has 0 spiro atoms. The van der Waals surface area contributed by atoms with Crippen LogP contribution in [-0.2, 0) is 13.0 Å². The number of aryl methyl sites for hydroxylation is 4. The van der Waals surface area contributed by atoms with Crippen LogP contribution in [0.1, 0.15) is 53.0 Å². The second-order valence-electron chi connectivity index (χ2n) is 9.13. The number of imidazole rings is 1. The number of para-hydroxylation sites is 2. The zero-order chi connectivity index (χ0) is 24.5. The van der Waals surface area contributed by atoms with Crippen molar-refractivity contribution in [3.63, 3.8) is 0 Å². The fourth-order valence-corrected chi connectivity index (χ4v) is 4.47. The Labute approximate surface area is 208 Å². The standard InChI is InChI=1S/C30H35N3O2/c1-23-20-24(2)22-26(21-23)35-19-11-18-33-28-15-9-8-14-27(28)32-29(33)16-7-4-10-17-31-30(34)25-12-5-3-6-13-25/h3,5-6,8-9,12-15,20-22H,4,7,10-11,16-19H2,1-2H3,(H,31,34). The maximum Gasteiger partial charge on any atom is 0.251 e. The molecular weight excluding hydrogens is 434 g/mol. The summed E-state index contributed by atoms with van der Waals surface area (Å²) in [4.78, 5) is 17.1. The highest BCUT2D eigenvalue weighted by atomic mass is 16.5. The minimum Gasteiger partial charge on any atom is -0.494 e. The van der Waals surface area contributed by atoms with E-state index in [4.69, 9.17) is 9.72 Å². The van der Waals surface area contributed by atoms with Crippen LogP contribution in [0.2, 0.25) is 0 Å². The molecule has 0 radical (unpaired) electrons. The van der Waals surface area contributed by atoms with E-state index in [2.05, 4.69) is 60.1 Å². The van der Waals surface area contributed by atoms with Gasteiger partial charge in [0.15, 0.2) is 0 Å². The number of amides is 1. The molecule has 4 aromatic rings. The highest BCUT2D eigenvalue weighted by Crippen LogP contribution is 2.20. The number of carbonyl (C=O) groups is 1. The molecule has 182 valence electrons. The zero-order valence-corrected chi connectivity index (χ0v) is 20.8. The lowest BCUT2D eigenvalue weighted by atomic mass is 10.1. The molecule has 5 heteroatoms. The number of rotatable bonds is 12. The molecule has 1 N–H and O–H groups in total. The summed E-state index contributed by atoms with van der Waals surface area (Å²) in [5.74, 6) is 2.07. The van der Waals surface area contributed by atoms with Crippen molar-refractivity contribution in [2.24, 2.45) is 0 Å². The smallest absolute Gasteiger partial charge is 0.251 e. The Bertz CT molecular complexity index is 1230. The molecule has 1 heterocycles. The zero-order valence-electron chi connectivity index (χ0n) is 20.8. The van der Waals surface area contributed by atoms with Gasteiger partial charge in [-0.25, -0.2) is 4.98 Å². The minimum atomic E-state index is -0.00423. The summed E-state index contributed by atoms with van der Waals surface area (Å²) in [6, 6.07) is 24.1. The van der Waals surface area contributed by atoms with E-state index in [9.17, 15) is 4.79 Å². The molecule has 0 saturated heterocycles. The Balaban J connectivity index is 1.25. The van der Waals surface area contributed by atoms with Crippen molar-refractivity contribution in [3.05, 3.63) is 95.3 Å². The number of aromatic nitrogens is 2. The van der Waals surface area contributed by atoms with Gasteiger partial charge >= 0.3 is 0 Å². The lowest BCUT2D eigenvalue weighted by Crippen LogP contribution is -2.24. The van der Waals surface area contributed by atoms with Gasteiger partial charge in [-0.1, -0.05) is 42.8 Å². The van der Waals surface area contributed by atoms with E-state index in [0.29, 0.717) is 18.7 Å². The second kappa shape index (κ2) is 12.2. The Morgan fingerprint density at radius 2 is 1.63 bits per heavy atom. The first-order valence-corrected chi connectivity index (χ1v) is 12.6. The van der Waals surface area contributed by atoms with Crippen molar-refractivity contribution in [2.45, 2.75) is 52.5 Å². The highest BCUT2D eigenvalue weighted by Gasteiger charge is 2.10. The number of ether oxygens (including phenoxy) is 1.